The fourth-order valence-corrected chi connectivity index (χ4v) is 3.61. The lowest BCUT2D eigenvalue weighted by atomic mass is 10.1. The van der Waals surface area contributed by atoms with Gasteiger partial charge in [-0.25, -0.2) is 9.97 Å². The number of hydrogen-bond acceptors (Lipinski definition) is 5. The summed E-state index contributed by atoms with van der Waals surface area (Å²) < 4.78 is 5.34. The molecule has 1 saturated heterocycles. The largest absolute Gasteiger partial charge is 0.496 e. The number of rotatable bonds is 4. The molecule has 1 fully saturated rings. The predicted octanol–water partition coefficient (Wildman–Crippen LogP) is 3.42. The van der Waals surface area contributed by atoms with Crippen molar-refractivity contribution >= 4 is 11.7 Å². The minimum absolute atomic E-state index is 0.00485. The summed E-state index contributed by atoms with van der Waals surface area (Å²) in [5.74, 6) is 1.50. The summed E-state index contributed by atoms with van der Waals surface area (Å²) in [6.07, 6.45) is 1.61. The molecule has 0 bridgehead atoms. The first-order chi connectivity index (χ1) is 14.2. The number of carbonyl (C=O) groups excluding carboxylic acids is 1. The van der Waals surface area contributed by atoms with E-state index in [2.05, 4.69) is 40.0 Å². The van der Waals surface area contributed by atoms with Crippen LogP contribution >= 0.6 is 0 Å². The molecule has 148 valence electrons. The number of aryl methyl sites for hydroxylation is 1. The van der Waals surface area contributed by atoms with Crippen LogP contribution in [0.15, 0.2) is 60.9 Å². The number of aromatic nitrogens is 2. The van der Waals surface area contributed by atoms with Gasteiger partial charge in [0, 0.05) is 37.8 Å². The summed E-state index contributed by atoms with van der Waals surface area (Å²) in [7, 11) is 1.59. The van der Waals surface area contributed by atoms with Gasteiger partial charge in [0.25, 0.3) is 5.91 Å². The second-order valence-corrected chi connectivity index (χ2v) is 7.11. The zero-order valence-corrected chi connectivity index (χ0v) is 16.7. The smallest absolute Gasteiger partial charge is 0.257 e. The number of methoxy groups -OCH3 is 1. The van der Waals surface area contributed by atoms with E-state index >= 15 is 0 Å². The van der Waals surface area contributed by atoms with Crippen molar-refractivity contribution in [1.29, 1.82) is 0 Å². The van der Waals surface area contributed by atoms with E-state index in [4.69, 9.17) is 4.74 Å². The van der Waals surface area contributed by atoms with Crippen LogP contribution in [0, 0.1) is 6.92 Å². The van der Waals surface area contributed by atoms with Crippen LogP contribution in [0.5, 0.6) is 5.75 Å². The number of piperazine rings is 1. The SMILES string of the molecule is COc1ccccc1C(=O)N1CCN(c2cc(-c3cccc(C)c3)ncn2)CC1. The highest BCUT2D eigenvalue weighted by Gasteiger charge is 2.24. The Morgan fingerprint density at radius 2 is 1.76 bits per heavy atom. The lowest BCUT2D eigenvalue weighted by Crippen LogP contribution is -2.49. The Labute approximate surface area is 170 Å². The number of amides is 1. The van der Waals surface area contributed by atoms with Gasteiger partial charge in [0.05, 0.1) is 18.4 Å². The second-order valence-electron chi connectivity index (χ2n) is 7.11. The second kappa shape index (κ2) is 8.31. The lowest BCUT2D eigenvalue weighted by Gasteiger charge is -2.35. The first-order valence-electron chi connectivity index (χ1n) is 9.72. The quantitative estimate of drug-likeness (QED) is 0.685. The van der Waals surface area contributed by atoms with Crippen LogP contribution in [0.1, 0.15) is 15.9 Å². The van der Waals surface area contributed by atoms with E-state index in [1.54, 1.807) is 13.4 Å². The van der Waals surface area contributed by atoms with E-state index in [-0.39, 0.29) is 5.91 Å². The van der Waals surface area contributed by atoms with Crippen molar-refractivity contribution in [1.82, 2.24) is 14.9 Å². The number of hydrogen-bond donors (Lipinski definition) is 0. The summed E-state index contributed by atoms with van der Waals surface area (Å²) in [6.45, 7) is 4.81. The molecular formula is C23H24N4O2. The van der Waals surface area contributed by atoms with E-state index in [1.807, 2.05) is 41.3 Å². The first kappa shape index (κ1) is 18.9. The summed E-state index contributed by atoms with van der Waals surface area (Å²) in [6, 6.07) is 17.7. The van der Waals surface area contributed by atoms with Gasteiger partial charge in [-0.05, 0) is 25.1 Å². The molecule has 1 aliphatic rings. The van der Waals surface area contributed by atoms with Gasteiger partial charge in [-0.1, -0.05) is 35.9 Å². The molecule has 2 heterocycles. The van der Waals surface area contributed by atoms with Gasteiger partial charge >= 0.3 is 0 Å². The van der Waals surface area contributed by atoms with E-state index in [0.717, 1.165) is 30.2 Å². The normalized spacial score (nSPS) is 14.0. The number of para-hydroxylation sites is 1. The van der Waals surface area contributed by atoms with Crippen molar-refractivity contribution < 1.29 is 9.53 Å². The monoisotopic (exact) mass is 388 g/mol. The molecule has 0 aliphatic carbocycles. The molecule has 29 heavy (non-hydrogen) atoms. The molecule has 1 aliphatic heterocycles. The molecule has 0 saturated carbocycles. The molecule has 0 spiro atoms. The van der Waals surface area contributed by atoms with Crippen LogP contribution in [0.4, 0.5) is 5.82 Å². The zero-order chi connectivity index (χ0) is 20.2. The first-order valence-corrected chi connectivity index (χ1v) is 9.72. The van der Waals surface area contributed by atoms with Gasteiger partial charge in [-0.3, -0.25) is 4.79 Å². The standard InChI is InChI=1S/C23H24N4O2/c1-17-6-5-7-18(14-17)20-15-22(25-16-24-20)26-10-12-27(13-11-26)23(28)19-8-3-4-9-21(19)29-2/h3-9,14-16H,10-13H2,1-2H3. The number of benzene rings is 2. The van der Waals surface area contributed by atoms with E-state index in [9.17, 15) is 4.79 Å². The van der Waals surface area contributed by atoms with Crippen LogP contribution in [0.3, 0.4) is 0 Å². The van der Waals surface area contributed by atoms with Crippen molar-refractivity contribution in [3.63, 3.8) is 0 Å². The lowest BCUT2D eigenvalue weighted by molar-refractivity contribution is 0.0743. The third-order valence-electron chi connectivity index (χ3n) is 5.19. The Hall–Kier alpha value is -3.41. The molecule has 0 atom stereocenters. The van der Waals surface area contributed by atoms with E-state index in [0.29, 0.717) is 24.4 Å². The van der Waals surface area contributed by atoms with Crippen LogP contribution in [0.25, 0.3) is 11.3 Å². The predicted molar refractivity (Wildman–Crippen MR) is 113 cm³/mol. The van der Waals surface area contributed by atoms with Gasteiger partial charge in [-0.15, -0.1) is 0 Å². The van der Waals surface area contributed by atoms with Gasteiger partial charge in [-0.2, -0.15) is 0 Å². The molecule has 6 nitrogen and oxygen atoms in total. The molecule has 0 radical (unpaired) electrons. The average molecular weight is 388 g/mol. The number of ether oxygens (including phenoxy) is 1. The third-order valence-corrected chi connectivity index (χ3v) is 5.19. The minimum atomic E-state index is 0.00485. The average Bonchev–Trinajstić information content (AvgIpc) is 2.79. The Balaban J connectivity index is 1.46. The van der Waals surface area contributed by atoms with Crippen LogP contribution in [-0.2, 0) is 0 Å². The topological polar surface area (TPSA) is 58.6 Å². The number of anilines is 1. The third kappa shape index (κ3) is 4.06. The van der Waals surface area contributed by atoms with Crippen molar-refractivity contribution in [3.05, 3.63) is 72.1 Å². The highest BCUT2D eigenvalue weighted by molar-refractivity contribution is 5.97. The maximum absolute atomic E-state index is 12.9. The molecule has 1 aromatic heterocycles. The summed E-state index contributed by atoms with van der Waals surface area (Å²) in [5, 5.41) is 0. The molecule has 3 aromatic rings. The van der Waals surface area contributed by atoms with Crippen LogP contribution < -0.4 is 9.64 Å². The molecule has 4 rings (SSSR count). The summed E-state index contributed by atoms with van der Waals surface area (Å²) in [5.41, 5.74) is 3.79. The highest BCUT2D eigenvalue weighted by Crippen LogP contribution is 2.24. The van der Waals surface area contributed by atoms with Gasteiger partial charge < -0.3 is 14.5 Å². The van der Waals surface area contributed by atoms with Gasteiger partial charge in [0.2, 0.25) is 0 Å². The fourth-order valence-electron chi connectivity index (χ4n) is 3.61. The number of nitrogens with zero attached hydrogens (tertiary/aromatic N) is 4. The number of carbonyl (C=O) groups is 1. The summed E-state index contributed by atoms with van der Waals surface area (Å²) >= 11 is 0. The van der Waals surface area contributed by atoms with Gasteiger partial charge in [0.1, 0.15) is 17.9 Å². The Morgan fingerprint density at radius 1 is 0.966 bits per heavy atom. The van der Waals surface area contributed by atoms with Crippen molar-refractivity contribution in [2.24, 2.45) is 0 Å². The van der Waals surface area contributed by atoms with Gasteiger partial charge in [0.15, 0.2) is 0 Å². The molecule has 0 unspecified atom stereocenters. The van der Waals surface area contributed by atoms with Crippen molar-refractivity contribution in [2.45, 2.75) is 6.92 Å². The molecular weight excluding hydrogens is 364 g/mol. The minimum Gasteiger partial charge on any atom is -0.496 e. The Kier molecular flexibility index (Phi) is 5.42. The highest BCUT2D eigenvalue weighted by atomic mass is 16.5. The van der Waals surface area contributed by atoms with E-state index in [1.165, 1.54) is 5.56 Å². The zero-order valence-electron chi connectivity index (χ0n) is 16.7. The summed E-state index contributed by atoms with van der Waals surface area (Å²) in [4.78, 5) is 25.9. The molecule has 6 heteroatoms. The van der Waals surface area contributed by atoms with Crippen molar-refractivity contribution in [3.8, 4) is 17.0 Å². The van der Waals surface area contributed by atoms with Crippen molar-refractivity contribution in [2.75, 3.05) is 38.2 Å². The molecule has 2 aromatic carbocycles. The van der Waals surface area contributed by atoms with Crippen LogP contribution in [0.2, 0.25) is 0 Å². The Bertz CT molecular complexity index is 1010. The molecule has 0 N–H and O–H groups in total. The maximum atomic E-state index is 12.9. The van der Waals surface area contributed by atoms with Crippen LogP contribution in [-0.4, -0.2) is 54.1 Å². The molecule has 1 amide bonds. The fraction of sp³-hybridized carbons (Fsp3) is 0.261. The Morgan fingerprint density at radius 3 is 2.52 bits per heavy atom. The maximum Gasteiger partial charge on any atom is 0.257 e. The van der Waals surface area contributed by atoms with E-state index < -0.39 is 0 Å².